The molecule has 0 saturated heterocycles. The summed E-state index contributed by atoms with van der Waals surface area (Å²) in [5.74, 6) is 0. The average Bonchev–Trinajstić information content (AvgIpc) is 2.72. The maximum atomic E-state index is 6.25. The van der Waals surface area contributed by atoms with E-state index in [9.17, 15) is 0 Å². The summed E-state index contributed by atoms with van der Waals surface area (Å²) >= 11 is 1.81. The van der Waals surface area contributed by atoms with Crippen molar-refractivity contribution in [3.8, 4) is 0 Å². The molecule has 1 aliphatic heterocycles. The van der Waals surface area contributed by atoms with E-state index < -0.39 is 0 Å². The molecule has 16 heavy (non-hydrogen) atoms. The van der Waals surface area contributed by atoms with E-state index in [1.54, 1.807) is 0 Å². The normalized spacial score (nSPS) is 20.5. The first kappa shape index (κ1) is 12.0. The number of fused-ring (bicyclic) bond motifs is 1. The Morgan fingerprint density at radius 2 is 2.25 bits per heavy atom. The summed E-state index contributed by atoms with van der Waals surface area (Å²) in [6, 6.07) is 0. The minimum atomic E-state index is -0.251. The van der Waals surface area contributed by atoms with Gasteiger partial charge in [-0.15, -0.1) is 11.3 Å². The number of nitrogens with two attached hydrogens (primary N) is 1. The average molecular weight is 239 g/mol. The summed E-state index contributed by atoms with van der Waals surface area (Å²) in [6.45, 7) is 9.74. The number of nitrogens with zero attached hydrogens (tertiary/aromatic N) is 2. The summed E-state index contributed by atoms with van der Waals surface area (Å²) < 4.78 is 0. The molecule has 0 saturated carbocycles. The second kappa shape index (κ2) is 4.43. The van der Waals surface area contributed by atoms with E-state index in [1.165, 1.54) is 10.6 Å². The smallest absolute Gasteiger partial charge is 0.113 e. The molecule has 4 heteroatoms. The first-order valence-corrected chi connectivity index (χ1v) is 6.88. The van der Waals surface area contributed by atoms with Crippen LogP contribution in [0.15, 0.2) is 0 Å². The lowest BCUT2D eigenvalue weighted by Crippen LogP contribution is -2.31. The third-order valence-corrected chi connectivity index (χ3v) is 4.84. The number of thiazole rings is 1. The molecular formula is C12H21N3S. The largest absolute Gasteiger partial charge is 0.320 e. The maximum absolute atomic E-state index is 6.25. The Balaban J connectivity index is 2.25. The van der Waals surface area contributed by atoms with Crippen LogP contribution in [-0.2, 0) is 18.5 Å². The summed E-state index contributed by atoms with van der Waals surface area (Å²) in [5.41, 5.74) is 7.29. The molecule has 0 fully saturated rings. The van der Waals surface area contributed by atoms with Crippen molar-refractivity contribution in [2.45, 2.75) is 45.7 Å². The van der Waals surface area contributed by atoms with Crippen LogP contribution < -0.4 is 5.73 Å². The first-order chi connectivity index (χ1) is 7.56. The summed E-state index contributed by atoms with van der Waals surface area (Å²) in [7, 11) is 0. The fourth-order valence-electron chi connectivity index (χ4n) is 1.91. The predicted molar refractivity (Wildman–Crippen MR) is 68.6 cm³/mol. The van der Waals surface area contributed by atoms with Crippen molar-refractivity contribution in [2.75, 3.05) is 13.1 Å². The zero-order valence-electron chi connectivity index (χ0n) is 10.4. The quantitative estimate of drug-likeness (QED) is 0.878. The summed E-state index contributed by atoms with van der Waals surface area (Å²) in [6.07, 6.45) is 2.02. The van der Waals surface area contributed by atoms with Gasteiger partial charge in [-0.3, -0.25) is 4.90 Å². The van der Waals surface area contributed by atoms with Crippen LogP contribution in [0.2, 0.25) is 0 Å². The van der Waals surface area contributed by atoms with E-state index >= 15 is 0 Å². The molecule has 1 atom stereocenters. The molecule has 90 valence electrons. The minimum absolute atomic E-state index is 0.251. The third-order valence-electron chi connectivity index (χ3n) is 3.48. The standard InChI is InChI=1S/C12H21N3S/c1-4-12(3,13)11-14-9-6-7-15(5-2)8-10(9)16-11/h4-8,13H2,1-3H3. The van der Waals surface area contributed by atoms with Crippen LogP contribution in [0.4, 0.5) is 0 Å². The Kier molecular flexibility index (Phi) is 3.33. The second-order valence-electron chi connectivity index (χ2n) is 4.78. The molecule has 1 aliphatic rings. The molecule has 1 aromatic rings. The van der Waals surface area contributed by atoms with Gasteiger partial charge in [-0.2, -0.15) is 0 Å². The highest BCUT2D eigenvalue weighted by Gasteiger charge is 2.27. The summed E-state index contributed by atoms with van der Waals surface area (Å²) in [4.78, 5) is 8.62. The van der Waals surface area contributed by atoms with Crippen LogP contribution in [0.3, 0.4) is 0 Å². The number of aromatic nitrogens is 1. The molecule has 2 rings (SSSR count). The highest BCUT2D eigenvalue weighted by molar-refractivity contribution is 7.11. The molecule has 3 nitrogen and oxygen atoms in total. The van der Waals surface area contributed by atoms with Crippen molar-refractivity contribution in [3.63, 3.8) is 0 Å². The zero-order valence-corrected chi connectivity index (χ0v) is 11.2. The molecule has 2 N–H and O–H groups in total. The third kappa shape index (κ3) is 2.14. The molecule has 1 unspecified atom stereocenters. The van der Waals surface area contributed by atoms with Crippen molar-refractivity contribution in [3.05, 3.63) is 15.6 Å². The minimum Gasteiger partial charge on any atom is -0.320 e. The lowest BCUT2D eigenvalue weighted by Gasteiger charge is -2.23. The van der Waals surface area contributed by atoms with Crippen LogP contribution in [0.5, 0.6) is 0 Å². The Morgan fingerprint density at radius 1 is 1.50 bits per heavy atom. The molecule has 0 bridgehead atoms. The van der Waals surface area contributed by atoms with E-state index in [0.29, 0.717) is 0 Å². The van der Waals surface area contributed by atoms with E-state index in [-0.39, 0.29) is 5.54 Å². The van der Waals surface area contributed by atoms with Crippen molar-refractivity contribution in [1.29, 1.82) is 0 Å². The van der Waals surface area contributed by atoms with Crippen LogP contribution in [0, 0.1) is 0 Å². The number of hydrogen-bond donors (Lipinski definition) is 1. The Bertz CT molecular complexity index is 370. The molecule has 1 aromatic heterocycles. The number of hydrogen-bond acceptors (Lipinski definition) is 4. The van der Waals surface area contributed by atoms with Gasteiger partial charge in [0.1, 0.15) is 5.01 Å². The molecule has 2 heterocycles. The number of rotatable bonds is 3. The van der Waals surface area contributed by atoms with Gasteiger partial charge in [-0.05, 0) is 19.9 Å². The van der Waals surface area contributed by atoms with Crippen LogP contribution in [0.1, 0.15) is 42.8 Å². The molecular weight excluding hydrogens is 218 g/mol. The van der Waals surface area contributed by atoms with Crippen molar-refractivity contribution >= 4 is 11.3 Å². The van der Waals surface area contributed by atoms with E-state index in [1.807, 2.05) is 11.3 Å². The van der Waals surface area contributed by atoms with Crippen LogP contribution in [-0.4, -0.2) is 23.0 Å². The molecule has 0 aliphatic carbocycles. The zero-order chi connectivity index (χ0) is 11.8. The predicted octanol–water partition coefficient (Wildman–Crippen LogP) is 2.10. The molecule has 0 amide bonds. The lowest BCUT2D eigenvalue weighted by atomic mass is 10.0. The van der Waals surface area contributed by atoms with Gasteiger partial charge in [0, 0.05) is 24.4 Å². The fraction of sp³-hybridized carbons (Fsp3) is 0.750. The Morgan fingerprint density at radius 3 is 2.88 bits per heavy atom. The highest BCUT2D eigenvalue weighted by atomic mass is 32.1. The van der Waals surface area contributed by atoms with E-state index in [4.69, 9.17) is 10.7 Å². The Hall–Kier alpha value is -0.450. The van der Waals surface area contributed by atoms with E-state index in [0.717, 1.165) is 37.5 Å². The maximum Gasteiger partial charge on any atom is 0.113 e. The Labute approximate surface area is 102 Å². The summed E-state index contributed by atoms with van der Waals surface area (Å²) in [5, 5.41) is 1.11. The van der Waals surface area contributed by atoms with Gasteiger partial charge in [0.25, 0.3) is 0 Å². The van der Waals surface area contributed by atoms with Gasteiger partial charge in [0.2, 0.25) is 0 Å². The van der Waals surface area contributed by atoms with Crippen LogP contribution in [0.25, 0.3) is 0 Å². The molecule has 0 radical (unpaired) electrons. The van der Waals surface area contributed by atoms with Crippen molar-refractivity contribution in [1.82, 2.24) is 9.88 Å². The fourth-order valence-corrected chi connectivity index (χ4v) is 3.19. The topological polar surface area (TPSA) is 42.2 Å². The van der Waals surface area contributed by atoms with Gasteiger partial charge >= 0.3 is 0 Å². The first-order valence-electron chi connectivity index (χ1n) is 6.07. The van der Waals surface area contributed by atoms with Crippen molar-refractivity contribution < 1.29 is 0 Å². The highest BCUT2D eigenvalue weighted by Crippen LogP contribution is 2.31. The molecule has 0 spiro atoms. The van der Waals surface area contributed by atoms with Gasteiger partial charge in [-0.1, -0.05) is 13.8 Å². The van der Waals surface area contributed by atoms with Gasteiger partial charge in [-0.25, -0.2) is 4.98 Å². The van der Waals surface area contributed by atoms with E-state index in [2.05, 4.69) is 25.7 Å². The molecule has 0 aromatic carbocycles. The lowest BCUT2D eigenvalue weighted by molar-refractivity contribution is 0.269. The van der Waals surface area contributed by atoms with Gasteiger partial charge in [0.15, 0.2) is 0 Å². The number of likely N-dealkylation sites (N-methyl/N-ethyl adjacent to an activating group) is 1. The SMILES string of the molecule is CCN1CCc2nc(C(C)(N)CC)sc2C1. The monoisotopic (exact) mass is 239 g/mol. The second-order valence-corrected chi connectivity index (χ2v) is 5.86. The van der Waals surface area contributed by atoms with Gasteiger partial charge < -0.3 is 5.73 Å². The van der Waals surface area contributed by atoms with Crippen molar-refractivity contribution in [2.24, 2.45) is 5.73 Å². The van der Waals surface area contributed by atoms with Gasteiger partial charge in [0.05, 0.1) is 11.2 Å². The van der Waals surface area contributed by atoms with Crippen LogP contribution >= 0.6 is 11.3 Å².